The second-order valence-electron chi connectivity index (χ2n) is 6.33. The largest absolute Gasteiger partial charge is 0.355 e. The van der Waals surface area contributed by atoms with E-state index in [0.29, 0.717) is 0 Å². The Balaban J connectivity index is 4.52. The van der Waals surface area contributed by atoms with Crippen molar-refractivity contribution in [2.24, 2.45) is 10.8 Å². The first-order chi connectivity index (χ1) is 6.62. The standard InChI is InChI=1S/C13H28O2/c1-9-10(12(2,3)4)15-11(14-8)13(5,6)7/h10-11H,9H2,1-8H3. The van der Waals surface area contributed by atoms with Crippen molar-refractivity contribution < 1.29 is 9.47 Å². The van der Waals surface area contributed by atoms with Crippen LogP contribution in [0.1, 0.15) is 54.9 Å². The topological polar surface area (TPSA) is 18.5 Å². The highest BCUT2D eigenvalue weighted by molar-refractivity contribution is 4.76. The molecule has 0 spiro atoms. The van der Waals surface area contributed by atoms with Crippen LogP contribution in [0.5, 0.6) is 0 Å². The van der Waals surface area contributed by atoms with E-state index < -0.39 is 0 Å². The van der Waals surface area contributed by atoms with Gasteiger partial charge >= 0.3 is 0 Å². The number of ether oxygens (including phenoxy) is 2. The summed E-state index contributed by atoms with van der Waals surface area (Å²) < 4.78 is 11.5. The minimum absolute atomic E-state index is 0.0213. The molecule has 0 aromatic carbocycles. The summed E-state index contributed by atoms with van der Waals surface area (Å²) in [5.74, 6) is 0. The fraction of sp³-hybridized carbons (Fsp3) is 1.00. The van der Waals surface area contributed by atoms with Crippen LogP contribution in [0.3, 0.4) is 0 Å². The number of hydrogen-bond acceptors (Lipinski definition) is 2. The van der Waals surface area contributed by atoms with Crippen LogP contribution in [0.25, 0.3) is 0 Å². The Morgan fingerprint density at radius 2 is 1.40 bits per heavy atom. The Bertz CT molecular complexity index is 154. The average molecular weight is 216 g/mol. The summed E-state index contributed by atoms with van der Waals surface area (Å²) >= 11 is 0. The van der Waals surface area contributed by atoms with Gasteiger partial charge in [0.2, 0.25) is 0 Å². The van der Waals surface area contributed by atoms with E-state index in [1.54, 1.807) is 7.11 Å². The molecule has 0 fully saturated rings. The Hall–Kier alpha value is -0.0800. The van der Waals surface area contributed by atoms with Gasteiger partial charge in [-0.3, -0.25) is 0 Å². The predicted octanol–water partition coefficient (Wildman–Crippen LogP) is 3.85. The Morgan fingerprint density at radius 1 is 0.933 bits per heavy atom. The van der Waals surface area contributed by atoms with Gasteiger partial charge in [0.05, 0.1) is 6.10 Å². The first-order valence-electron chi connectivity index (χ1n) is 5.81. The van der Waals surface area contributed by atoms with Crippen molar-refractivity contribution in [3.63, 3.8) is 0 Å². The number of rotatable bonds is 4. The van der Waals surface area contributed by atoms with Crippen LogP contribution >= 0.6 is 0 Å². The third kappa shape index (κ3) is 4.98. The molecule has 0 heterocycles. The van der Waals surface area contributed by atoms with Crippen molar-refractivity contribution in [2.45, 2.75) is 67.3 Å². The van der Waals surface area contributed by atoms with Crippen molar-refractivity contribution in [2.75, 3.05) is 7.11 Å². The molecule has 2 unspecified atom stereocenters. The smallest absolute Gasteiger partial charge is 0.162 e. The van der Waals surface area contributed by atoms with E-state index in [1.807, 2.05) is 0 Å². The van der Waals surface area contributed by atoms with E-state index in [2.05, 4.69) is 48.5 Å². The maximum atomic E-state index is 6.06. The molecule has 0 saturated carbocycles. The Morgan fingerprint density at radius 3 is 1.60 bits per heavy atom. The lowest BCUT2D eigenvalue weighted by Gasteiger charge is -2.37. The van der Waals surface area contributed by atoms with Crippen LogP contribution in [0, 0.1) is 10.8 Å². The van der Waals surface area contributed by atoms with Gasteiger partial charge in [-0.05, 0) is 11.8 Å². The molecule has 0 aliphatic rings. The molecular formula is C13H28O2. The van der Waals surface area contributed by atoms with Crippen LogP contribution in [0.2, 0.25) is 0 Å². The molecule has 0 saturated heterocycles. The SMILES string of the molecule is CCC(OC(OC)C(C)(C)C)C(C)(C)C. The Kier molecular flexibility index (Phi) is 5.28. The summed E-state index contributed by atoms with van der Waals surface area (Å²) in [5.41, 5.74) is 0.185. The minimum Gasteiger partial charge on any atom is -0.355 e. The second kappa shape index (κ2) is 5.31. The van der Waals surface area contributed by atoms with Gasteiger partial charge in [-0.25, -0.2) is 0 Å². The zero-order chi connectivity index (χ0) is 12.3. The van der Waals surface area contributed by atoms with Crippen LogP contribution < -0.4 is 0 Å². The highest BCUT2D eigenvalue weighted by Gasteiger charge is 2.32. The average Bonchev–Trinajstić information content (AvgIpc) is 2.01. The zero-order valence-electron chi connectivity index (χ0n) is 11.7. The van der Waals surface area contributed by atoms with Gasteiger partial charge in [0, 0.05) is 12.5 Å². The molecule has 2 nitrogen and oxygen atoms in total. The zero-order valence-corrected chi connectivity index (χ0v) is 11.7. The number of methoxy groups -OCH3 is 1. The first kappa shape index (κ1) is 14.9. The summed E-state index contributed by atoms with van der Waals surface area (Å²) in [7, 11) is 1.71. The monoisotopic (exact) mass is 216 g/mol. The predicted molar refractivity (Wildman–Crippen MR) is 64.9 cm³/mol. The lowest BCUT2D eigenvalue weighted by atomic mass is 9.87. The van der Waals surface area contributed by atoms with E-state index in [9.17, 15) is 0 Å². The molecule has 15 heavy (non-hydrogen) atoms. The van der Waals surface area contributed by atoms with Crippen LogP contribution in [-0.4, -0.2) is 19.5 Å². The molecule has 0 rings (SSSR count). The lowest BCUT2D eigenvalue weighted by molar-refractivity contribution is -0.222. The second-order valence-corrected chi connectivity index (χ2v) is 6.33. The third-order valence-corrected chi connectivity index (χ3v) is 2.55. The molecule has 0 aliphatic heterocycles. The van der Waals surface area contributed by atoms with Crippen molar-refractivity contribution in [3.8, 4) is 0 Å². The Labute approximate surface area is 95.3 Å². The molecular weight excluding hydrogens is 188 g/mol. The summed E-state index contributed by atoms with van der Waals surface area (Å²) in [6.45, 7) is 15.2. The van der Waals surface area contributed by atoms with Gasteiger partial charge in [0.15, 0.2) is 6.29 Å². The highest BCUT2D eigenvalue weighted by atomic mass is 16.7. The molecule has 0 aromatic rings. The van der Waals surface area contributed by atoms with Crippen molar-refractivity contribution in [1.29, 1.82) is 0 Å². The van der Waals surface area contributed by atoms with Gasteiger partial charge in [0.25, 0.3) is 0 Å². The molecule has 2 heteroatoms. The molecule has 0 N–H and O–H groups in total. The molecule has 0 radical (unpaired) electrons. The van der Waals surface area contributed by atoms with Gasteiger partial charge in [-0.2, -0.15) is 0 Å². The van der Waals surface area contributed by atoms with Gasteiger partial charge in [0.1, 0.15) is 0 Å². The van der Waals surface area contributed by atoms with E-state index in [1.165, 1.54) is 0 Å². The van der Waals surface area contributed by atoms with Crippen LogP contribution in [0.4, 0.5) is 0 Å². The van der Waals surface area contributed by atoms with Crippen molar-refractivity contribution >= 4 is 0 Å². The molecule has 0 aromatic heterocycles. The fourth-order valence-corrected chi connectivity index (χ4v) is 1.68. The molecule has 0 bridgehead atoms. The minimum atomic E-state index is -0.137. The summed E-state index contributed by atoms with van der Waals surface area (Å²) in [5, 5.41) is 0. The molecule has 2 atom stereocenters. The summed E-state index contributed by atoms with van der Waals surface area (Å²) in [4.78, 5) is 0. The lowest BCUT2D eigenvalue weighted by Crippen LogP contribution is -2.39. The fourth-order valence-electron chi connectivity index (χ4n) is 1.68. The third-order valence-electron chi connectivity index (χ3n) is 2.55. The maximum Gasteiger partial charge on any atom is 0.162 e. The van der Waals surface area contributed by atoms with Crippen molar-refractivity contribution in [1.82, 2.24) is 0 Å². The van der Waals surface area contributed by atoms with Gasteiger partial charge in [-0.15, -0.1) is 0 Å². The molecule has 92 valence electrons. The van der Waals surface area contributed by atoms with E-state index >= 15 is 0 Å². The maximum absolute atomic E-state index is 6.06. The summed E-state index contributed by atoms with van der Waals surface area (Å²) in [6, 6.07) is 0. The van der Waals surface area contributed by atoms with Crippen LogP contribution in [0.15, 0.2) is 0 Å². The van der Waals surface area contributed by atoms with E-state index in [4.69, 9.17) is 9.47 Å². The number of hydrogen-bond donors (Lipinski definition) is 0. The highest BCUT2D eigenvalue weighted by Crippen LogP contribution is 2.31. The summed E-state index contributed by atoms with van der Waals surface area (Å²) in [6.07, 6.45) is 1.11. The van der Waals surface area contributed by atoms with Crippen LogP contribution in [-0.2, 0) is 9.47 Å². The van der Waals surface area contributed by atoms with E-state index in [0.717, 1.165) is 6.42 Å². The normalized spacial score (nSPS) is 17.6. The van der Waals surface area contributed by atoms with Gasteiger partial charge in [-0.1, -0.05) is 48.5 Å². The first-order valence-corrected chi connectivity index (χ1v) is 5.81. The molecule has 0 aliphatic carbocycles. The molecule has 0 amide bonds. The quantitative estimate of drug-likeness (QED) is 0.665. The van der Waals surface area contributed by atoms with E-state index in [-0.39, 0.29) is 23.2 Å². The van der Waals surface area contributed by atoms with Gasteiger partial charge < -0.3 is 9.47 Å². The van der Waals surface area contributed by atoms with Crippen molar-refractivity contribution in [3.05, 3.63) is 0 Å².